The van der Waals surface area contributed by atoms with Gasteiger partial charge in [0.05, 0.1) is 11.4 Å². The van der Waals surface area contributed by atoms with E-state index in [1.807, 2.05) is 6.92 Å². The minimum absolute atomic E-state index is 0.493. The molecule has 1 rings (SSSR count). The second kappa shape index (κ2) is 3.78. The van der Waals surface area contributed by atoms with Crippen LogP contribution in [0, 0.1) is 6.92 Å². The van der Waals surface area contributed by atoms with Crippen molar-refractivity contribution in [2.45, 2.75) is 13.0 Å². The van der Waals surface area contributed by atoms with Gasteiger partial charge < -0.3 is 5.11 Å². The Balaban J connectivity index is 2.93. The van der Waals surface area contributed by atoms with Gasteiger partial charge in [-0.15, -0.1) is 0 Å². The van der Waals surface area contributed by atoms with Crippen LogP contribution >= 0.6 is 15.9 Å². The molecule has 60 valence electrons. The van der Waals surface area contributed by atoms with Crippen LogP contribution in [0.2, 0.25) is 0 Å². The molecule has 1 aromatic rings. The first kappa shape index (κ1) is 8.62. The van der Waals surface area contributed by atoms with E-state index in [1.165, 1.54) is 0 Å². The molecule has 0 spiro atoms. The number of hydrogen-bond acceptors (Lipinski definition) is 3. The highest BCUT2D eigenvalue weighted by Gasteiger charge is 2.09. The summed E-state index contributed by atoms with van der Waals surface area (Å²) in [4.78, 5) is 8.01. The minimum atomic E-state index is -0.552. The monoisotopic (exact) mass is 216 g/mol. The molecule has 1 unspecified atom stereocenters. The van der Waals surface area contributed by atoms with E-state index in [4.69, 9.17) is 0 Å². The van der Waals surface area contributed by atoms with Crippen molar-refractivity contribution < 1.29 is 5.11 Å². The number of alkyl halides is 1. The average Bonchev–Trinajstić information content (AvgIpc) is 2.04. The van der Waals surface area contributed by atoms with E-state index in [-0.39, 0.29) is 0 Å². The van der Waals surface area contributed by atoms with E-state index in [9.17, 15) is 5.11 Å². The predicted octanol–water partition coefficient (Wildman–Crippen LogP) is 1.21. The highest BCUT2D eigenvalue weighted by atomic mass is 79.9. The van der Waals surface area contributed by atoms with Gasteiger partial charge in [-0.2, -0.15) is 0 Å². The molecule has 1 aromatic heterocycles. The first-order valence-corrected chi connectivity index (χ1v) is 4.39. The Morgan fingerprint density at radius 3 is 2.73 bits per heavy atom. The van der Waals surface area contributed by atoms with Gasteiger partial charge in [0, 0.05) is 17.7 Å². The predicted molar refractivity (Wildman–Crippen MR) is 45.5 cm³/mol. The lowest BCUT2D eigenvalue weighted by Gasteiger charge is -2.06. The molecule has 1 heterocycles. The lowest BCUT2D eigenvalue weighted by molar-refractivity contribution is 0.199. The fourth-order valence-corrected chi connectivity index (χ4v) is 1.13. The molecule has 0 bridgehead atoms. The van der Waals surface area contributed by atoms with Crippen LogP contribution in [-0.2, 0) is 0 Å². The van der Waals surface area contributed by atoms with Gasteiger partial charge in [0.2, 0.25) is 0 Å². The maximum absolute atomic E-state index is 9.36. The number of aliphatic hydroxyl groups excluding tert-OH is 1. The highest BCUT2D eigenvalue weighted by molar-refractivity contribution is 9.09. The summed E-state index contributed by atoms with van der Waals surface area (Å²) in [6.07, 6.45) is 2.64. The molecule has 0 aliphatic heterocycles. The number of aromatic nitrogens is 2. The van der Waals surface area contributed by atoms with Crippen LogP contribution in [0.1, 0.15) is 17.5 Å². The van der Waals surface area contributed by atoms with Crippen LogP contribution in [-0.4, -0.2) is 20.4 Å². The Hall–Kier alpha value is -0.480. The van der Waals surface area contributed by atoms with Crippen LogP contribution in [0.5, 0.6) is 0 Å². The van der Waals surface area contributed by atoms with Crippen LogP contribution in [0.25, 0.3) is 0 Å². The standard InChI is InChI=1S/C7H9BrN2O/c1-5-7(6(11)4-8)10-3-2-9-5/h2-3,6,11H,4H2,1H3. The molecule has 0 radical (unpaired) electrons. The molecule has 0 aliphatic rings. The summed E-state index contributed by atoms with van der Waals surface area (Å²) >= 11 is 3.17. The molecule has 4 heteroatoms. The van der Waals surface area contributed by atoms with Crippen molar-refractivity contribution in [2.75, 3.05) is 5.33 Å². The molecular weight excluding hydrogens is 208 g/mol. The number of aliphatic hydroxyl groups is 1. The molecule has 0 aromatic carbocycles. The molecule has 0 amide bonds. The summed E-state index contributed by atoms with van der Waals surface area (Å²) in [6, 6.07) is 0. The molecule has 0 saturated carbocycles. The van der Waals surface area contributed by atoms with E-state index in [0.29, 0.717) is 11.0 Å². The van der Waals surface area contributed by atoms with Crippen molar-refractivity contribution in [3.63, 3.8) is 0 Å². The summed E-state index contributed by atoms with van der Waals surface area (Å²) in [5, 5.41) is 9.85. The maximum atomic E-state index is 9.36. The fourth-order valence-electron chi connectivity index (χ4n) is 0.819. The Bertz CT molecular complexity index is 242. The van der Waals surface area contributed by atoms with E-state index in [0.717, 1.165) is 5.69 Å². The third kappa shape index (κ3) is 1.97. The fraction of sp³-hybridized carbons (Fsp3) is 0.429. The van der Waals surface area contributed by atoms with E-state index >= 15 is 0 Å². The normalized spacial score (nSPS) is 13.0. The Morgan fingerprint density at radius 1 is 1.55 bits per heavy atom. The summed E-state index contributed by atoms with van der Waals surface area (Å²) in [6.45, 7) is 1.83. The quantitative estimate of drug-likeness (QED) is 0.757. The van der Waals surface area contributed by atoms with Crippen LogP contribution < -0.4 is 0 Å². The summed E-state index contributed by atoms with van der Waals surface area (Å²) in [7, 11) is 0. The maximum Gasteiger partial charge on any atom is 0.107 e. The topological polar surface area (TPSA) is 46.0 Å². The second-order valence-electron chi connectivity index (χ2n) is 2.20. The third-order valence-corrected chi connectivity index (χ3v) is 1.99. The van der Waals surface area contributed by atoms with Gasteiger partial charge in [0.25, 0.3) is 0 Å². The van der Waals surface area contributed by atoms with Gasteiger partial charge in [0.15, 0.2) is 0 Å². The SMILES string of the molecule is Cc1nccnc1C(O)CBr. The van der Waals surface area contributed by atoms with Crippen LogP contribution in [0.3, 0.4) is 0 Å². The van der Waals surface area contributed by atoms with Crippen molar-refractivity contribution in [2.24, 2.45) is 0 Å². The second-order valence-corrected chi connectivity index (χ2v) is 2.84. The van der Waals surface area contributed by atoms with Gasteiger partial charge in [-0.05, 0) is 6.92 Å². The highest BCUT2D eigenvalue weighted by Crippen LogP contribution is 2.13. The van der Waals surface area contributed by atoms with E-state index in [2.05, 4.69) is 25.9 Å². The molecule has 0 aliphatic carbocycles. The number of halogens is 1. The number of nitrogens with zero attached hydrogens (tertiary/aromatic N) is 2. The zero-order valence-corrected chi connectivity index (χ0v) is 7.74. The third-order valence-electron chi connectivity index (χ3n) is 1.38. The number of rotatable bonds is 2. The average molecular weight is 217 g/mol. The van der Waals surface area contributed by atoms with Crippen molar-refractivity contribution in [3.8, 4) is 0 Å². The summed E-state index contributed by atoms with van der Waals surface area (Å²) < 4.78 is 0. The molecule has 3 nitrogen and oxygen atoms in total. The lowest BCUT2D eigenvalue weighted by atomic mass is 10.2. The molecular formula is C7H9BrN2O. The molecule has 11 heavy (non-hydrogen) atoms. The van der Waals surface area contributed by atoms with Crippen molar-refractivity contribution >= 4 is 15.9 Å². The molecule has 1 N–H and O–H groups in total. The Labute approximate surface area is 73.6 Å². The Morgan fingerprint density at radius 2 is 2.18 bits per heavy atom. The molecule has 0 saturated heterocycles. The molecule has 0 fully saturated rings. The van der Waals surface area contributed by atoms with Crippen molar-refractivity contribution in [3.05, 3.63) is 23.8 Å². The van der Waals surface area contributed by atoms with Gasteiger partial charge in [-0.25, -0.2) is 0 Å². The van der Waals surface area contributed by atoms with Gasteiger partial charge >= 0.3 is 0 Å². The number of hydrogen-bond donors (Lipinski definition) is 1. The number of aryl methyl sites for hydroxylation is 1. The zero-order chi connectivity index (χ0) is 8.27. The van der Waals surface area contributed by atoms with Crippen molar-refractivity contribution in [1.29, 1.82) is 0 Å². The van der Waals surface area contributed by atoms with E-state index < -0.39 is 6.10 Å². The Kier molecular flexibility index (Phi) is 2.96. The van der Waals surface area contributed by atoms with Crippen LogP contribution in [0.4, 0.5) is 0 Å². The van der Waals surface area contributed by atoms with Crippen LogP contribution in [0.15, 0.2) is 12.4 Å². The minimum Gasteiger partial charge on any atom is -0.386 e. The summed E-state index contributed by atoms with van der Waals surface area (Å²) in [5.74, 6) is 0. The first-order chi connectivity index (χ1) is 5.25. The van der Waals surface area contributed by atoms with Crippen molar-refractivity contribution in [1.82, 2.24) is 9.97 Å². The van der Waals surface area contributed by atoms with Gasteiger partial charge in [0.1, 0.15) is 6.10 Å². The first-order valence-electron chi connectivity index (χ1n) is 3.27. The molecule has 1 atom stereocenters. The zero-order valence-electron chi connectivity index (χ0n) is 6.16. The smallest absolute Gasteiger partial charge is 0.107 e. The van der Waals surface area contributed by atoms with E-state index in [1.54, 1.807) is 12.4 Å². The van der Waals surface area contributed by atoms with Gasteiger partial charge in [-0.1, -0.05) is 15.9 Å². The summed E-state index contributed by atoms with van der Waals surface area (Å²) in [5.41, 5.74) is 1.42. The van der Waals surface area contributed by atoms with Gasteiger partial charge in [-0.3, -0.25) is 9.97 Å². The largest absolute Gasteiger partial charge is 0.386 e. The lowest BCUT2D eigenvalue weighted by Crippen LogP contribution is -2.04.